The normalized spacial score (nSPS) is 13.1. The molecule has 2 aromatic carbocycles. The quantitative estimate of drug-likeness (QED) is 0.519. The Morgan fingerprint density at radius 3 is 2.59 bits per heavy atom. The van der Waals surface area contributed by atoms with Gasteiger partial charge in [0.25, 0.3) is 0 Å². The van der Waals surface area contributed by atoms with Crippen molar-refractivity contribution in [2.75, 3.05) is 27.3 Å². The minimum Gasteiger partial charge on any atom is -0.493 e. The number of aromatic nitrogens is 1. The third-order valence-electron chi connectivity index (χ3n) is 5.18. The van der Waals surface area contributed by atoms with E-state index in [1.54, 1.807) is 14.2 Å². The van der Waals surface area contributed by atoms with E-state index in [0.29, 0.717) is 24.6 Å². The summed E-state index contributed by atoms with van der Waals surface area (Å²) in [7, 11) is 3.29. The summed E-state index contributed by atoms with van der Waals surface area (Å²) in [6, 6.07) is 13.8. The first-order chi connectivity index (χ1) is 14.1. The fourth-order valence-electron chi connectivity index (χ4n) is 3.67. The van der Waals surface area contributed by atoms with Crippen LogP contribution >= 0.6 is 0 Å². The van der Waals surface area contributed by atoms with Crippen LogP contribution in [-0.4, -0.2) is 44.2 Å². The fraction of sp³-hybridized carbons (Fsp3) is 0.348. The molecule has 0 fully saturated rings. The lowest BCUT2D eigenvalue weighted by atomic mass is 9.89. The minimum absolute atomic E-state index is 0.0113. The summed E-state index contributed by atoms with van der Waals surface area (Å²) in [4.78, 5) is 15.5. The number of carbonyl (C=O) groups excluding carboxylic acids is 1. The minimum atomic E-state index is -0.306. The largest absolute Gasteiger partial charge is 0.493 e. The Labute approximate surface area is 171 Å². The topological polar surface area (TPSA) is 75.4 Å². The summed E-state index contributed by atoms with van der Waals surface area (Å²) in [6.45, 7) is 4.98. The van der Waals surface area contributed by atoms with Crippen molar-refractivity contribution in [3.05, 3.63) is 59.8 Å². The number of ether oxygens (including phenoxy) is 2. The molecule has 0 unspecified atom stereocenters. The monoisotopic (exact) mass is 395 g/mol. The van der Waals surface area contributed by atoms with Gasteiger partial charge in [-0.1, -0.05) is 30.3 Å². The first kappa shape index (κ1) is 20.7. The summed E-state index contributed by atoms with van der Waals surface area (Å²) < 4.78 is 11.2. The molecule has 1 aromatic heterocycles. The molecule has 3 N–H and O–H groups in total. The van der Waals surface area contributed by atoms with E-state index in [-0.39, 0.29) is 17.9 Å². The van der Waals surface area contributed by atoms with Crippen molar-refractivity contribution >= 4 is 16.8 Å². The van der Waals surface area contributed by atoms with Gasteiger partial charge in [-0.3, -0.25) is 4.79 Å². The second kappa shape index (κ2) is 9.47. The lowest BCUT2D eigenvalue weighted by Crippen LogP contribution is -2.43. The van der Waals surface area contributed by atoms with Gasteiger partial charge in [-0.2, -0.15) is 0 Å². The number of hydrogen-bond acceptors (Lipinski definition) is 4. The predicted octanol–water partition coefficient (Wildman–Crippen LogP) is 3.43. The number of rotatable bonds is 9. The number of H-pyrrole nitrogens is 1. The van der Waals surface area contributed by atoms with Gasteiger partial charge in [0.05, 0.1) is 20.3 Å². The lowest BCUT2D eigenvalue weighted by Gasteiger charge is -2.23. The highest BCUT2D eigenvalue weighted by molar-refractivity contribution is 5.84. The predicted molar refractivity (Wildman–Crippen MR) is 116 cm³/mol. The van der Waals surface area contributed by atoms with Gasteiger partial charge in [0, 0.05) is 41.7 Å². The van der Waals surface area contributed by atoms with Crippen molar-refractivity contribution in [1.82, 2.24) is 15.6 Å². The number of amides is 1. The molecule has 3 aromatic rings. The van der Waals surface area contributed by atoms with Crippen LogP contribution < -0.4 is 20.1 Å². The number of fused-ring (bicyclic) bond motifs is 1. The molecule has 0 spiro atoms. The maximum atomic E-state index is 12.2. The summed E-state index contributed by atoms with van der Waals surface area (Å²) >= 11 is 0. The molecule has 0 aliphatic carbocycles. The summed E-state index contributed by atoms with van der Waals surface area (Å²) in [5.74, 6) is 1.35. The molecule has 0 saturated heterocycles. The number of nitrogens with one attached hydrogen (secondary N) is 3. The highest BCUT2D eigenvalue weighted by Gasteiger charge is 2.25. The summed E-state index contributed by atoms with van der Waals surface area (Å²) in [5, 5.41) is 7.39. The fourth-order valence-corrected chi connectivity index (χ4v) is 3.67. The van der Waals surface area contributed by atoms with Crippen LogP contribution in [0.15, 0.2) is 48.7 Å². The highest BCUT2D eigenvalue weighted by Crippen LogP contribution is 2.40. The van der Waals surface area contributed by atoms with E-state index >= 15 is 0 Å². The van der Waals surface area contributed by atoms with E-state index in [9.17, 15) is 4.79 Å². The maximum Gasteiger partial charge on any atom is 0.236 e. The molecule has 1 amide bonds. The molecule has 0 bridgehead atoms. The average Bonchev–Trinajstić information content (AvgIpc) is 3.17. The zero-order chi connectivity index (χ0) is 20.8. The van der Waals surface area contributed by atoms with Crippen LogP contribution in [-0.2, 0) is 4.79 Å². The first-order valence-electron chi connectivity index (χ1n) is 9.88. The van der Waals surface area contributed by atoms with Crippen molar-refractivity contribution in [2.24, 2.45) is 0 Å². The van der Waals surface area contributed by atoms with Crippen LogP contribution in [0.4, 0.5) is 0 Å². The van der Waals surface area contributed by atoms with E-state index in [2.05, 4.69) is 27.8 Å². The van der Waals surface area contributed by atoms with E-state index < -0.39 is 0 Å². The van der Waals surface area contributed by atoms with Crippen molar-refractivity contribution < 1.29 is 14.3 Å². The molecular formula is C23H29N3O3. The second-order valence-electron chi connectivity index (χ2n) is 6.95. The van der Waals surface area contributed by atoms with Crippen molar-refractivity contribution in [3.63, 3.8) is 0 Å². The van der Waals surface area contributed by atoms with Gasteiger partial charge in [-0.25, -0.2) is 0 Å². The van der Waals surface area contributed by atoms with Crippen molar-refractivity contribution in [2.45, 2.75) is 25.8 Å². The Morgan fingerprint density at radius 1 is 1.07 bits per heavy atom. The number of hydrogen-bond donors (Lipinski definition) is 3. The Bertz CT molecular complexity index is 967. The smallest absolute Gasteiger partial charge is 0.236 e. The third kappa shape index (κ3) is 4.38. The second-order valence-corrected chi connectivity index (χ2v) is 6.95. The molecule has 0 saturated carbocycles. The molecular weight excluding hydrogens is 366 g/mol. The lowest BCUT2D eigenvalue weighted by molar-refractivity contribution is -0.122. The van der Waals surface area contributed by atoms with Crippen LogP contribution in [0.25, 0.3) is 10.9 Å². The Hall–Kier alpha value is -2.99. The summed E-state index contributed by atoms with van der Waals surface area (Å²) in [5.41, 5.74) is 3.22. The van der Waals surface area contributed by atoms with Gasteiger partial charge in [-0.05, 0) is 31.5 Å². The van der Waals surface area contributed by atoms with Crippen LogP contribution in [0, 0.1) is 0 Å². The first-order valence-corrected chi connectivity index (χ1v) is 9.88. The van der Waals surface area contributed by atoms with Gasteiger partial charge in [0.2, 0.25) is 5.91 Å². The molecule has 2 atom stereocenters. The zero-order valence-corrected chi connectivity index (χ0v) is 17.4. The average molecular weight is 396 g/mol. The van der Waals surface area contributed by atoms with Crippen molar-refractivity contribution in [3.8, 4) is 11.5 Å². The number of aromatic amines is 1. The number of para-hydroxylation sites is 2. The molecule has 29 heavy (non-hydrogen) atoms. The molecule has 0 radical (unpaired) electrons. The van der Waals surface area contributed by atoms with E-state index in [1.807, 2.05) is 50.4 Å². The van der Waals surface area contributed by atoms with Crippen LogP contribution in [0.3, 0.4) is 0 Å². The van der Waals surface area contributed by atoms with Gasteiger partial charge in [0.15, 0.2) is 11.5 Å². The molecule has 6 nitrogen and oxygen atoms in total. The molecule has 6 heteroatoms. The van der Waals surface area contributed by atoms with E-state index in [1.165, 1.54) is 0 Å². The van der Waals surface area contributed by atoms with Gasteiger partial charge in [0.1, 0.15) is 0 Å². The number of likely N-dealkylation sites (N-methyl/N-ethyl adjacent to an activating group) is 1. The third-order valence-corrected chi connectivity index (χ3v) is 5.18. The maximum absolute atomic E-state index is 12.2. The Morgan fingerprint density at radius 2 is 1.86 bits per heavy atom. The van der Waals surface area contributed by atoms with Gasteiger partial charge in [-0.15, -0.1) is 0 Å². The van der Waals surface area contributed by atoms with E-state index in [4.69, 9.17) is 9.47 Å². The molecule has 3 rings (SSSR count). The van der Waals surface area contributed by atoms with Crippen LogP contribution in [0.5, 0.6) is 11.5 Å². The number of carbonyl (C=O) groups is 1. The Kier molecular flexibility index (Phi) is 6.77. The standard InChI is InChI=1S/C23H29N3O3/c1-5-24-23(27)15(2)25-13-19(17-10-8-12-21(28-3)22(17)29-4)18-14-26-20-11-7-6-9-16(18)20/h6-12,14-15,19,25-26H,5,13H2,1-4H3,(H,24,27)/t15-,19+/m1/s1. The van der Waals surface area contributed by atoms with Crippen molar-refractivity contribution in [1.29, 1.82) is 0 Å². The Balaban J connectivity index is 2.02. The molecule has 1 heterocycles. The number of methoxy groups -OCH3 is 2. The summed E-state index contributed by atoms with van der Waals surface area (Å²) in [6.07, 6.45) is 2.03. The molecule has 0 aliphatic heterocycles. The molecule has 0 aliphatic rings. The van der Waals surface area contributed by atoms with E-state index in [0.717, 1.165) is 22.0 Å². The van der Waals surface area contributed by atoms with Gasteiger partial charge >= 0.3 is 0 Å². The molecule has 154 valence electrons. The van der Waals surface area contributed by atoms with Gasteiger partial charge < -0.3 is 25.1 Å². The SMILES string of the molecule is CCNC(=O)[C@@H](C)NC[C@@H](c1cccc(OC)c1OC)c1c[nH]c2ccccc12. The van der Waals surface area contributed by atoms with Crippen LogP contribution in [0.2, 0.25) is 0 Å². The van der Waals surface area contributed by atoms with Crippen LogP contribution in [0.1, 0.15) is 30.9 Å². The highest BCUT2D eigenvalue weighted by atomic mass is 16.5. The zero-order valence-electron chi connectivity index (χ0n) is 17.4. The number of benzene rings is 2.